The Balaban J connectivity index is 3.60. The lowest BCUT2D eigenvalue weighted by Crippen LogP contribution is -2.18. The van der Waals surface area contributed by atoms with E-state index in [1.54, 1.807) is 13.0 Å². The first-order valence-electron chi connectivity index (χ1n) is 4.27. The predicted octanol–water partition coefficient (Wildman–Crippen LogP) is 0.595. The second kappa shape index (κ2) is 4.00. The molecule has 5 nitrogen and oxygen atoms in total. The molecule has 0 aliphatic heterocycles. The van der Waals surface area contributed by atoms with Crippen molar-refractivity contribution in [2.45, 2.75) is 18.2 Å². The summed E-state index contributed by atoms with van der Waals surface area (Å²) in [6.07, 6.45) is 0.460. The zero-order valence-electron chi connectivity index (χ0n) is 8.10. The molecule has 1 aromatic carbocycles. The minimum atomic E-state index is -4.41. The highest BCUT2D eigenvalue weighted by Crippen LogP contribution is 2.19. The maximum Gasteiger partial charge on any atom is 0.295 e. The molecule has 6 heteroatoms. The molecule has 0 saturated carbocycles. The van der Waals surface area contributed by atoms with E-state index in [1.165, 1.54) is 6.07 Å². The minimum absolute atomic E-state index is 0.137. The Labute approximate surface area is 87.7 Å². The number of hydrogen-bond acceptors (Lipinski definition) is 3. The average molecular weight is 229 g/mol. The maximum absolute atomic E-state index is 11.1. The highest BCUT2D eigenvalue weighted by Gasteiger charge is 2.20. The smallest absolute Gasteiger partial charge is 0.295 e. The maximum atomic E-state index is 11.1. The Morgan fingerprint density at radius 1 is 1.47 bits per heavy atom. The highest BCUT2D eigenvalue weighted by atomic mass is 32.2. The largest absolute Gasteiger partial charge is 0.366 e. The van der Waals surface area contributed by atoms with Crippen molar-refractivity contribution in [3.05, 3.63) is 29.3 Å². The van der Waals surface area contributed by atoms with Gasteiger partial charge >= 0.3 is 0 Å². The van der Waals surface area contributed by atoms with Crippen LogP contribution in [0, 0.1) is 0 Å². The first-order valence-corrected chi connectivity index (χ1v) is 5.71. The number of carbonyl (C=O) groups is 1. The number of hydrogen-bond donors (Lipinski definition) is 2. The van der Waals surface area contributed by atoms with Crippen molar-refractivity contribution >= 4 is 16.0 Å². The number of aryl methyl sites for hydroxylation is 1. The molecule has 0 bridgehead atoms. The van der Waals surface area contributed by atoms with E-state index in [2.05, 4.69) is 0 Å². The molecule has 0 unspecified atom stereocenters. The van der Waals surface area contributed by atoms with Crippen molar-refractivity contribution < 1.29 is 17.8 Å². The van der Waals surface area contributed by atoms with Crippen LogP contribution in [-0.4, -0.2) is 18.9 Å². The van der Waals surface area contributed by atoms with Crippen LogP contribution < -0.4 is 5.73 Å². The third kappa shape index (κ3) is 2.34. The van der Waals surface area contributed by atoms with Gasteiger partial charge < -0.3 is 5.73 Å². The van der Waals surface area contributed by atoms with Crippen LogP contribution in [0.4, 0.5) is 0 Å². The topological polar surface area (TPSA) is 97.5 Å². The van der Waals surface area contributed by atoms with Crippen molar-refractivity contribution in [3.63, 3.8) is 0 Å². The van der Waals surface area contributed by atoms with E-state index in [4.69, 9.17) is 10.3 Å². The van der Waals surface area contributed by atoms with E-state index >= 15 is 0 Å². The normalized spacial score (nSPS) is 11.3. The first kappa shape index (κ1) is 11.7. The Kier molecular flexibility index (Phi) is 3.11. The molecule has 1 rings (SSSR count). The molecule has 0 fully saturated rings. The third-order valence-electron chi connectivity index (χ3n) is 2.02. The molecular weight excluding hydrogens is 218 g/mol. The number of rotatable bonds is 3. The second-order valence-corrected chi connectivity index (χ2v) is 4.37. The molecule has 0 aliphatic rings. The predicted molar refractivity (Wildman–Crippen MR) is 54.2 cm³/mol. The van der Waals surface area contributed by atoms with Crippen LogP contribution in [0.15, 0.2) is 23.1 Å². The van der Waals surface area contributed by atoms with Gasteiger partial charge in [0.2, 0.25) is 5.91 Å². The third-order valence-corrected chi connectivity index (χ3v) is 2.91. The van der Waals surface area contributed by atoms with E-state index in [1.807, 2.05) is 0 Å². The van der Waals surface area contributed by atoms with Gasteiger partial charge in [0.15, 0.2) is 0 Å². The Hall–Kier alpha value is -1.40. The van der Waals surface area contributed by atoms with Crippen LogP contribution in [0.5, 0.6) is 0 Å². The van der Waals surface area contributed by atoms with Gasteiger partial charge in [0.25, 0.3) is 10.1 Å². The van der Waals surface area contributed by atoms with Crippen molar-refractivity contribution in [3.8, 4) is 0 Å². The second-order valence-electron chi connectivity index (χ2n) is 2.98. The highest BCUT2D eigenvalue weighted by molar-refractivity contribution is 7.86. The summed E-state index contributed by atoms with van der Waals surface area (Å²) in [5.74, 6) is -0.861. The molecule has 1 aromatic rings. The molecule has 0 spiro atoms. The summed E-state index contributed by atoms with van der Waals surface area (Å²) >= 11 is 0. The summed E-state index contributed by atoms with van der Waals surface area (Å²) in [6.45, 7) is 1.76. The van der Waals surface area contributed by atoms with E-state index < -0.39 is 20.9 Å². The molecule has 0 atom stereocenters. The van der Waals surface area contributed by atoms with Crippen LogP contribution in [0.1, 0.15) is 22.8 Å². The summed E-state index contributed by atoms with van der Waals surface area (Å²) in [5.41, 5.74) is 5.43. The molecule has 0 saturated heterocycles. The molecule has 3 N–H and O–H groups in total. The molecular formula is C9H11NO4S. The lowest BCUT2D eigenvalue weighted by atomic mass is 10.1. The molecule has 0 heterocycles. The summed E-state index contributed by atoms with van der Waals surface area (Å²) in [4.78, 5) is 10.7. The number of amides is 1. The van der Waals surface area contributed by atoms with Gasteiger partial charge in [-0.2, -0.15) is 8.42 Å². The summed E-state index contributed by atoms with van der Waals surface area (Å²) in [6, 6.07) is 4.19. The van der Waals surface area contributed by atoms with Crippen LogP contribution >= 0.6 is 0 Å². The molecule has 0 aromatic heterocycles. The fourth-order valence-electron chi connectivity index (χ4n) is 1.37. The van der Waals surface area contributed by atoms with Gasteiger partial charge in [0.1, 0.15) is 4.90 Å². The van der Waals surface area contributed by atoms with Gasteiger partial charge in [0.05, 0.1) is 5.56 Å². The average Bonchev–Trinajstić information content (AvgIpc) is 2.15. The van der Waals surface area contributed by atoms with Crippen LogP contribution in [0.2, 0.25) is 0 Å². The van der Waals surface area contributed by atoms with E-state index in [9.17, 15) is 13.2 Å². The zero-order valence-corrected chi connectivity index (χ0v) is 8.91. The molecule has 15 heavy (non-hydrogen) atoms. The Bertz CT molecular complexity index is 493. The lowest BCUT2D eigenvalue weighted by Gasteiger charge is -2.08. The number of primary amides is 1. The fourth-order valence-corrected chi connectivity index (χ4v) is 2.11. The number of benzene rings is 1. The molecule has 0 radical (unpaired) electrons. The standard InChI is InChI=1S/C9H11NO4S/c1-2-6-4-3-5-7(15(12,13)14)8(6)9(10)11/h3-5H,2H2,1H3,(H2,10,11)(H,12,13,14). The molecule has 1 amide bonds. The van der Waals surface area contributed by atoms with Crippen LogP contribution in [0.25, 0.3) is 0 Å². The van der Waals surface area contributed by atoms with Gasteiger partial charge in [-0.15, -0.1) is 0 Å². The lowest BCUT2D eigenvalue weighted by molar-refractivity contribution is 0.0996. The number of nitrogens with two attached hydrogens (primary N) is 1. The number of carbonyl (C=O) groups excluding carboxylic acids is 1. The Morgan fingerprint density at radius 2 is 2.07 bits per heavy atom. The summed E-state index contributed by atoms with van der Waals surface area (Å²) in [5, 5.41) is 0. The van der Waals surface area contributed by atoms with Crippen molar-refractivity contribution in [2.24, 2.45) is 5.73 Å². The van der Waals surface area contributed by atoms with Gasteiger partial charge in [-0.05, 0) is 18.1 Å². The molecule has 0 aliphatic carbocycles. The Morgan fingerprint density at radius 3 is 2.47 bits per heavy atom. The van der Waals surface area contributed by atoms with Crippen molar-refractivity contribution in [1.82, 2.24) is 0 Å². The van der Waals surface area contributed by atoms with Gasteiger partial charge in [-0.25, -0.2) is 0 Å². The quantitative estimate of drug-likeness (QED) is 0.741. The van der Waals surface area contributed by atoms with Gasteiger partial charge in [-0.1, -0.05) is 19.1 Å². The fraction of sp³-hybridized carbons (Fsp3) is 0.222. The van der Waals surface area contributed by atoms with Crippen molar-refractivity contribution in [2.75, 3.05) is 0 Å². The van der Waals surface area contributed by atoms with Crippen LogP contribution in [0.3, 0.4) is 0 Å². The van der Waals surface area contributed by atoms with Gasteiger partial charge in [-0.3, -0.25) is 9.35 Å². The first-order chi connectivity index (χ1) is 6.88. The van der Waals surface area contributed by atoms with Gasteiger partial charge in [0, 0.05) is 0 Å². The zero-order chi connectivity index (χ0) is 11.6. The molecule has 82 valence electrons. The monoisotopic (exact) mass is 229 g/mol. The van der Waals surface area contributed by atoms with E-state index in [-0.39, 0.29) is 5.56 Å². The SMILES string of the molecule is CCc1cccc(S(=O)(=O)O)c1C(N)=O. The summed E-state index contributed by atoms with van der Waals surface area (Å²) in [7, 11) is -4.41. The van der Waals surface area contributed by atoms with Crippen LogP contribution in [-0.2, 0) is 16.5 Å². The van der Waals surface area contributed by atoms with E-state index in [0.717, 1.165) is 6.07 Å². The van der Waals surface area contributed by atoms with Crippen molar-refractivity contribution in [1.29, 1.82) is 0 Å². The van der Waals surface area contributed by atoms with E-state index in [0.29, 0.717) is 12.0 Å². The summed E-state index contributed by atoms with van der Waals surface area (Å²) < 4.78 is 30.9. The minimum Gasteiger partial charge on any atom is -0.366 e.